The lowest BCUT2D eigenvalue weighted by Crippen LogP contribution is -2.37. The van der Waals surface area contributed by atoms with Crippen molar-refractivity contribution in [2.24, 2.45) is 0 Å². The average Bonchev–Trinajstić information content (AvgIpc) is 3.54. The maximum atomic E-state index is 7.07. The van der Waals surface area contributed by atoms with Gasteiger partial charge in [-0.2, -0.15) is 0 Å². The summed E-state index contributed by atoms with van der Waals surface area (Å²) in [5.41, 5.74) is 16.6. The van der Waals surface area contributed by atoms with Crippen molar-refractivity contribution >= 4 is 17.1 Å². The Labute approximate surface area is 356 Å². The first-order valence-corrected chi connectivity index (χ1v) is 21.1. The van der Waals surface area contributed by atoms with Gasteiger partial charge in [-0.1, -0.05) is 166 Å². The second-order valence-corrected chi connectivity index (χ2v) is 16.9. The lowest BCUT2D eigenvalue weighted by molar-refractivity contribution is 0.399. The standard InChI is InChI=1S/C58H41NO2/c1-57(2)47-20-10-9-19-45(47)46-32-30-43(36-51(46)57)59(42-28-25-40(26-29-42)38-15-5-3-6-16-38)44-31-33-50-56(37-44)61-54-24-14-12-22-49(54)58(50)48-21-11-13-23-53(48)60-55-34-27-41(35-52(55)58)39-17-7-4-8-18-39/h3-37H,1-2H3. The summed E-state index contributed by atoms with van der Waals surface area (Å²) in [5, 5.41) is 0. The minimum absolute atomic E-state index is 0.151. The molecule has 0 radical (unpaired) electrons. The molecule has 0 N–H and O–H groups in total. The molecule has 1 spiro atoms. The SMILES string of the molecule is CC1(C)c2ccccc2-c2ccc(N(c3ccc(-c4ccccc4)cc3)c3ccc4c(c3)Oc3ccccc3C43c4ccccc4Oc4ccc(-c5ccccc5)cc43)cc21. The molecule has 0 aromatic heterocycles. The number of ether oxygens (including phenoxy) is 2. The predicted octanol–water partition coefficient (Wildman–Crippen LogP) is 15.4. The average molecular weight is 784 g/mol. The molecule has 0 bridgehead atoms. The second kappa shape index (κ2) is 13.5. The van der Waals surface area contributed by atoms with Gasteiger partial charge >= 0.3 is 0 Å². The molecule has 9 aromatic rings. The van der Waals surface area contributed by atoms with Crippen molar-refractivity contribution in [2.45, 2.75) is 24.7 Å². The van der Waals surface area contributed by atoms with Gasteiger partial charge in [0.05, 0.1) is 5.41 Å². The molecule has 3 heteroatoms. The molecule has 9 aromatic carbocycles. The Hall–Kier alpha value is -7.62. The lowest BCUT2D eigenvalue weighted by atomic mass is 9.62. The fourth-order valence-corrected chi connectivity index (χ4v) is 10.3. The molecule has 0 fully saturated rings. The summed E-state index contributed by atoms with van der Waals surface area (Å²) < 4.78 is 13.8. The Morgan fingerprint density at radius 2 is 0.787 bits per heavy atom. The highest BCUT2D eigenvalue weighted by Crippen LogP contribution is 2.62. The van der Waals surface area contributed by atoms with Crippen molar-refractivity contribution in [1.82, 2.24) is 0 Å². The lowest BCUT2D eigenvalue weighted by Gasteiger charge is -2.45. The Morgan fingerprint density at radius 3 is 1.49 bits per heavy atom. The summed E-state index contributed by atoms with van der Waals surface area (Å²) in [5.74, 6) is 3.32. The van der Waals surface area contributed by atoms with Crippen LogP contribution < -0.4 is 14.4 Å². The van der Waals surface area contributed by atoms with Gasteiger partial charge in [-0.3, -0.25) is 0 Å². The molecule has 290 valence electrons. The minimum atomic E-state index is -0.719. The summed E-state index contributed by atoms with van der Waals surface area (Å²) in [4.78, 5) is 2.38. The zero-order chi connectivity index (χ0) is 40.7. The van der Waals surface area contributed by atoms with E-state index in [0.29, 0.717) is 0 Å². The topological polar surface area (TPSA) is 21.7 Å². The largest absolute Gasteiger partial charge is 0.457 e. The van der Waals surface area contributed by atoms with Crippen LogP contribution in [-0.4, -0.2) is 0 Å². The quantitative estimate of drug-likeness (QED) is 0.174. The Bertz CT molecular complexity index is 3160. The first-order valence-electron chi connectivity index (χ1n) is 21.1. The van der Waals surface area contributed by atoms with E-state index in [4.69, 9.17) is 9.47 Å². The van der Waals surface area contributed by atoms with Gasteiger partial charge in [-0.15, -0.1) is 0 Å². The van der Waals surface area contributed by atoms with Crippen molar-refractivity contribution in [2.75, 3.05) is 4.90 Å². The predicted molar refractivity (Wildman–Crippen MR) is 248 cm³/mol. The van der Waals surface area contributed by atoms with Crippen LogP contribution in [0.15, 0.2) is 212 Å². The molecular formula is C58H41NO2. The smallest absolute Gasteiger partial charge is 0.134 e. The number of hydrogen-bond acceptors (Lipinski definition) is 3. The van der Waals surface area contributed by atoms with E-state index >= 15 is 0 Å². The van der Waals surface area contributed by atoms with Crippen molar-refractivity contribution in [1.29, 1.82) is 0 Å². The molecule has 0 saturated heterocycles. The van der Waals surface area contributed by atoms with Gasteiger partial charge in [-0.25, -0.2) is 0 Å². The van der Waals surface area contributed by atoms with Crippen LogP contribution >= 0.6 is 0 Å². The van der Waals surface area contributed by atoms with E-state index in [1.165, 1.54) is 33.4 Å². The maximum absolute atomic E-state index is 7.07. The summed E-state index contributed by atoms with van der Waals surface area (Å²) >= 11 is 0. The van der Waals surface area contributed by atoms with Gasteiger partial charge in [0.25, 0.3) is 0 Å². The van der Waals surface area contributed by atoms with Crippen molar-refractivity contribution < 1.29 is 9.47 Å². The van der Waals surface area contributed by atoms with E-state index in [1.54, 1.807) is 0 Å². The molecule has 1 aliphatic carbocycles. The van der Waals surface area contributed by atoms with Gasteiger partial charge in [0.1, 0.15) is 23.0 Å². The van der Waals surface area contributed by atoms with E-state index in [1.807, 2.05) is 0 Å². The van der Waals surface area contributed by atoms with Crippen molar-refractivity contribution in [3.05, 3.63) is 246 Å². The van der Waals surface area contributed by atoms with E-state index in [0.717, 1.165) is 73.4 Å². The van der Waals surface area contributed by atoms with Crippen LogP contribution in [0.25, 0.3) is 33.4 Å². The third kappa shape index (κ3) is 5.30. The van der Waals surface area contributed by atoms with Crippen LogP contribution in [-0.2, 0) is 10.8 Å². The van der Waals surface area contributed by atoms with Gasteiger partial charge < -0.3 is 14.4 Å². The first-order chi connectivity index (χ1) is 30.0. The number of rotatable bonds is 5. The maximum Gasteiger partial charge on any atom is 0.134 e. The zero-order valence-corrected chi connectivity index (χ0v) is 34.0. The summed E-state index contributed by atoms with van der Waals surface area (Å²) in [7, 11) is 0. The van der Waals surface area contributed by atoms with Crippen molar-refractivity contribution in [3.8, 4) is 56.4 Å². The highest BCUT2D eigenvalue weighted by atomic mass is 16.5. The molecule has 3 nitrogen and oxygen atoms in total. The Balaban J connectivity index is 1.08. The number of fused-ring (bicyclic) bond motifs is 11. The van der Waals surface area contributed by atoms with Crippen LogP contribution in [0.5, 0.6) is 23.0 Å². The molecule has 0 saturated carbocycles. The van der Waals surface area contributed by atoms with E-state index in [-0.39, 0.29) is 5.41 Å². The summed E-state index contributed by atoms with van der Waals surface area (Å²) in [6.45, 7) is 4.69. The van der Waals surface area contributed by atoms with Gasteiger partial charge in [0.2, 0.25) is 0 Å². The fraction of sp³-hybridized carbons (Fsp3) is 0.0690. The molecule has 12 rings (SSSR count). The zero-order valence-electron chi connectivity index (χ0n) is 34.0. The van der Waals surface area contributed by atoms with Crippen LogP contribution in [0.1, 0.15) is 47.2 Å². The molecule has 1 atom stereocenters. The van der Waals surface area contributed by atoms with Gasteiger partial charge in [-0.05, 0) is 99.1 Å². The van der Waals surface area contributed by atoms with E-state index in [2.05, 4.69) is 231 Å². The monoisotopic (exact) mass is 783 g/mol. The van der Waals surface area contributed by atoms with Crippen molar-refractivity contribution in [3.63, 3.8) is 0 Å². The van der Waals surface area contributed by atoms with E-state index < -0.39 is 5.41 Å². The van der Waals surface area contributed by atoms with Crippen LogP contribution in [0.2, 0.25) is 0 Å². The molecule has 0 amide bonds. The normalized spacial score (nSPS) is 15.8. The second-order valence-electron chi connectivity index (χ2n) is 16.9. The number of benzene rings is 9. The van der Waals surface area contributed by atoms with Crippen LogP contribution in [0.4, 0.5) is 17.1 Å². The van der Waals surface area contributed by atoms with Crippen LogP contribution in [0.3, 0.4) is 0 Å². The summed E-state index contributed by atoms with van der Waals surface area (Å²) in [6.07, 6.45) is 0. The first kappa shape index (κ1) is 35.3. The highest BCUT2D eigenvalue weighted by Gasteiger charge is 2.51. The fourth-order valence-electron chi connectivity index (χ4n) is 10.3. The third-order valence-electron chi connectivity index (χ3n) is 13.2. The number of hydrogen-bond donors (Lipinski definition) is 0. The minimum Gasteiger partial charge on any atom is -0.457 e. The highest BCUT2D eigenvalue weighted by molar-refractivity contribution is 5.87. The van der Waals surface area contributed by atoms with E-state index in [9.17, 15) is 0 Å². The third-order valence-corrected chi connectivity index (χ3v) is 13.2. The van der Waals surface area contributed by atoms with Gasteiger partial charge in [0, 0.05) is 50.8 Å². The molecule has 1 unspecified atom stereocenters. The molecule has 3 aliphatic rings. The Kier molecular flexibility index (Phi) is 7.79. The molecule has 61 heavy (non-hydrogen) atoms. The number of anilines is 3. The van der Waals surface area contributed by atoms with Crippen LogP contribution in [0, 0.1) is 0 Å². The molecule has 2 heterocycles. The van der Waals surface area contributed by atoms with Gasteiger partial charge in [0.15, 0.2) is 0 Å². The summed E-state index contributed by atoms with van der Waals surface area (Å²) in [6, 6.07) is 76.4. The number of nitrogens with zero attached hydrogens (tertiary/aromatic N) is 1. The molecule has 2 aliphatic heterocycles. The number of para-hydroxylation sites is 2. The molecular weight excluding hydrogens is 743 g/mol. The Morgan fingerprint density at radius 1 is 0.311 bits per heavy atom.